The molecule has 3 heterocycles. The number of halogens is 2. The van der Waals surface area contributed by atoms with Crippen molar-refractivity contribution in [2.24, 2.45) is 5.92 Å². The number of nitrogens with zero attached hydrogens (tertiary/aromatic N) is 3. The number of amides is 1. The van der Waals surface area contributed by atoms with E-state index in [4.69, 9.17) is 23.2 Å². The summed E-state index contributed by atoms with van der Waals surface area (Å²) in [6.45, 7) is 5.63. The summed E-state index contributed by atoms with van der Waals surface area (Å²) in [5.74, 6) is 0.948. The molecule has 0 radical (unpaired) electrons. The van der Waals surface area contributed by atoms with Gasteiger partial charge in [0.2, 0.25) is 5.91 Å². The number of nitrogens with one attached hydrogen (secondary N) is 3. The van der Waals surface area contributed by atoms with Crippen molar-refractivity contribution in [3.8, 4) is 0 Å². The van der Waals surface area contributed by atoms with Gasteiger partial charge in [0.05, 0.1) is 5.39 Å². The zero-order chi connectivity index (χ0) is 22.0. The van der Waals surface area contributed by atoms with Crippen LogP contribution in [-0.4, -0.2) is 46.0 Å². The van der Waals surface area contributed by atoms with Crippen molar-refractivity contribution >= 4 is 51.6 Å². The van der Waals surface area contributed by atoms with Crippen LogP contribution in [0.25, 0.3) is 11.0 Å². The summed E-state index contributed by atoms with van der Waals surface area (Å²) in [7, 11) is 0. The maximum atomic E-state index is 13.2. The van der Waals surface area contributed by atoms with Gasteiger partial charge >= 0.3 is 0 Å². The van der Waals surface area contributed by atoms with Crippen LogP contribution in [0.4, 0.5) is 11.5 Å². The summed E-state index contributed by atoms with van der Waals surface area (Å²) in [5, 5.41) is 8.58. The number of carbonyl (C=O) groups excluding carboxylic acids is 1. The zero-order valence-electron chi connectivity index (χ0n) is 17.5. The second kappa shape index (κ2) is 9.32. The number of fused-ring (bicyclic) bond motifs is 1. The smallest absolute Gasteiger partial charge is 0.243 e. The van der Waals surface area contributed by atoms with E-state index in [9.17, 15) is 4.79 Å². The van der Waals surface area contributed by atoms with E-state index < -0.39 is 6.04 Å². The minimum Gasteiger partial charge on any atom is -0.373 e. The van der Waals surface area contributed by atoms with Crippen LogP contribution < -0.4 is 15.5 Å². The number of benzene rings is 1. The van der Waals surface area contributed by atoms with Gasteiger partial charge in [0.25, 0.3) is 0 Å². The Morgan fingerprint density at radius 2 is 2.00 bits per heavy atom. The second-order valence-corrected chi connectivity index (χ2v) is 9.13. The van der Waals surface area contributed by atoms with Gasteiger partial charge in [0.1, 0.15) is 23.8 Å². The molecule has 9 heteroatoms. The predicted molar refractivity (Wildman–Crippen MR) is 126 cm³/mol. The Balaban J connectivity index is 1.45. The van der Waals surface area contributed by atoms with Gasteiger partial charge in [-0.15, -0.1) is 0 Å². The van der Waals surface area contributed by atoms with Crippen LogP contribution in [-0.2, 0) is 4.79 Å². The van der Waals surface area contributed by atoms with Crippen molar-refractivity contribution in [1.82, 2.24) is 20.3 Å². The Hall–Kier alpha value is -2.51. The maximum absolute atomic E-state index is 13.2. The molecule has 164 valence electrons. The zero-order valence-corrected chi connectivity index (χ0v) is 19.0. The molecule has 1 saturated heterocycles. The first kappa shape index (κ1) is 21.7. The molecule has 7 nitrogen and oxygen atoms in total. The molecule has 0 saturated carbocycles. The van der Waals surface area contributed by atoms with Gasteiger partial charge in [-0.25, -0.2) is 9.97 Å². The molecule has 3 aromatic rings. The van der Waals surface area contributed by atoms with Crippen LogP contribution in [0.1, 0.15) is 26.7 Å². The van der Waals surface area contributed by atoms with Crippen LogP contribution in [0.15, 0.2) is 36.8 Å². The van der Waals surface area contributed by atoms with Crippen molar-refractivity contribution in [2.45, 2.75) is 38.8 Å². The molecule has 1 aliphatic rings. The molecule has 1 amide bonds. The molecular formula is C22H26Cl2N6O. The van der Waals surface area contributed by atoms with Gasteiger partial charge in [0, 0.05) is 41.1 Å². The molecular weight excluding hydrogens is 435 g/mol. The van der Waals surface area contributed by atoms with E-state index in [-0.39, 0.29) is 17.9 Å². The third kappa shape index (κ3) is 5.05. The van der Waals surface area contributed by atoms with Crippen molar-refractivity contribution in [3.05, 3.63) is 46.8 Å². The van der Waals surface area contributed by atoms with Crippen LogP contribution in [0.3, 0.4) is 0 Å². The maximum Gasteiger partial charge on any atom is 0.243 e. The highest BCUT2D eigenvalue weighted by molar-refractivity contribution is 6.35. The summed E-state index contributed by atoms with van der Waals surface area (Å²) >= 11 is 12.2. The number of aromatic amines is 1. The van der Waals surface area contributed by atoms with E-state index in [1.54, 1.807) is 24.5 Å². The summed E-state index contributed by atoms with van der Waals surface area (Å²) in [5.41, 5.74) is 1.55. The molecule has 2 aromatic heterocycles. The first-order valence-corrected chi connectivity index (χ1v) is 11.2. The molecule has 3 N–H and O–H groups in total. The number of anilines is 2. The van der Waals surface area contributed by atoms with Crippen molar-refractivity contribution in [3.63, 3.8) is 0 Å². The van der Waals surface area contributed by atoms with Gasteiger partial charge in [-0.05, 0) is 43.0 Å². The number of hydrogen-bond acceptors (Lipinski definition) is 5. The van der Waals surface area contributed by atoms with Crippen LogP contribution in [0.5, 0.6) is 0 Å². The quantitative estimate of drug-likeness (QED) is 0.504. The molecule has 1 fully saturated rings. The average Bonchev–Trinajstić information content (AvgIpc) is 3.20. The van der Waals surface area contributed by atoms with Crippen molar-refractivity contribution in [2.75, 3.05) is 23.3 Å². The third-order valence-electron chi connectivity index (χ3n) is 5.53. The van der Waals surface area contributed by atoms with Gasteiger partial charge in [-0.1, -0.05) is 37.0 Å². The van der Waals surface area contributed by atoms with E-state index in [0.29, 0.717) is 16.6 Å². The Morgan fingerprint density at radius 3 is 2.74 bits per heavy atom. The monoisotopic (exact) mass is 460 g/mol. The lowest BCUT2D eigenvalue weighted by atomic mass is 10.0. The highest BCUT2D eigenvalue weighted by Gasteiger charge is 2.28. The fraction of sp³-hybridized carbons (Fsp3) is 0.409. The van der Waals surface area contributed by atoms with Crippen LogP contribution in [0, 0.1) is 5.92 Å². The van der Waals surface area contributed by atoms with Crippen LogP contribution in [0.2, 0.25) is 10.0 Å². The summed E-state index contributed by atoms with van der Waals surface area (Å²) in [6, 6.07) is 6.84. The number of piperidine rings is 1. The van der Waals surface area contributed by atoms with Gasteiger partial charge in [-0.3, -0.25) is 4.79 Å². The Bertz CT molecular complexity index is 1050. The largest absolute Gasteiger partial charge is 0.373 e. The number of rotatable bonds is 6. The topological polar surface area (TPSA) is 85.9 Å². The molecule has 1 aliphatic heterocycles. The fourth-order valence-electron chi connectivity index (χ4n) is 4.04. The second-order valence-electron chi connectivity index (χ2n) is 8.26. The Kier molecular flexibility index (Phi) is 6.53. The standard InChI is InChI=1S/C22H26Cl2N6O/c1-13(2)19(28-17-9-14(23)8-15(24)10-17)22(31)29-16-4-3-7-30(11-16)21-18-5-6-25-20(18)26-12-27-21/h5-6,8-10,12-13,16,19,28H,3-4,7,11H2,1-2H3,(H,29,31)(H,25,26,27)/t16-,19-/m1/s1. The van der Waals surface area contributed by atoms with Gasteiger partial charge in [-0.2, -0.15) is 0 Å². The van der Waals surface area contributed by atoms with Gasteiger partial charge in [0.15, 0.2) is 0 Å². The molecule has 0 aliphatic carbocycles. The highest BCUT2D eigenvalue weighted by Crippen LogP contribution is 2.26. The molecule has 0 bridgehead atoms. The number of hydrogen-bond donors (Lipinski definition) is 3. The third-order valence-corrected chi connectivity index (χ3v) is 5.97. The van der Waals surface area contributed by atoms with E-state index in [1.807, 2.05) is 26.1 Å². The number of carbonyl (C=O) groups is 1. The highest BCUT2D eigenvalue weighted by atomic mass is 35.5. The minimum atomic E-state index is -0.402. The van der Waals surface area contributed by atoms with Crippen LogP contribution >= 0.6 is 23.2 Å². The summed E-state index contributed by atoms with van der Waals surface area (Å²) in [6.07, 6.45) is 5.35. The average molecular weight is 461 g/mol. The SMILES string of the molecule is CC(C)[C@@H](Nc1cc(Cl)cc(Cl)c1)C(=O)N[C@@H]1CCCN(c2ncnc3[nH]ccc23)C1. The first-order chi connectivity index (χ1) is 14.9. The lowest BCUT2D eigenvalue weighted by Gasteiger charge is -2.35. The fourth-order valence-corrected chi connectivity index (χ4v) is 4.57. The summed E-state index contributed by atoms with van der Waals surface area (Å²) in [4.78, 5) is 27.3. The van der Waals surface area contributed by atoms with Crippen molar-refractivity contribution in [1.29, 1.82) is 0 Å². The van der Waals surface area contributed by atoms with E-state index in [2.05, 4.69) is 30.5 Å². The lowest BCUT2D eigenvalue weighted by molar-refractivity contribution is -0.123. The minimum absolute atomic E-state index is 0.0348. The van der Waals surface area contributed by atoms with E-state index in [1.165, 1.54) is 0 Å². The van der Waals surface area contributed by atoms with E-state index >= 15 is 0 Å². The molecule has 31 heavy (non-hydrogen) atoms. The molecule has 0 unspecified atom stereocenters. The molecule has 4 rings (SSSR count). The first-order valence-electron chi connectivity index (χ1n) is 10.5. The number of H-pyrrole nitrogens is 1. The van der Waals surface area contributed by atoms with Crippen molar-refractivity contribution < 1.29 is 4.79 Å². The van der Waals surface area contributed by atoms with E-state index in [0.717, 1.165) is 41.9 Å². The Labute approximate surface area is 191 Å². The lowest BCUT2D eigenvalue weighted by Crippen LogP contribution is -2.52. The molecule has 2 atom stereocenters. The number of aromatic nitrogens is 3. The van der Waals surface area contributed by atoms with Gasteiger partial charge < -0.3 is 20.5 Å². The normalized spacial score (nSPS) is 17.7. The molecule has 1 aromatic carbocycles. The molecule has 0 spiro atoms. The summed E-state index contributed by atoms with van der Waals surface area (Å²) < 4.78 is 0. The Morgan fingerprint density at radius 1 is 1.23 bits per heavy atom. The predicted octanol–water partition coefficient (Wildman–Crippen LogP) is 4.49.